The van der Waals surface area contributed by atoms with E-state index in [1.54, 1.807) is 12.3 Å². The molecule has 3 nitrogen and oxygen atoms in total. The van der Waals surface area contributed by atoms with Gasteiger partial charge in [0.15, 0.2) is 0 Å². The van der Waals surface area contributed by atoms with Crippen LogP contribution in [0.15, 0.2) is 49.9 Å². The lowest BCUT2D eigenvalue weighted by molar-refractivity contribution is 0.210. The van der Waals surface area contributed by atoms with Crippen LogP contribution in [-0.2, 0) is 6.54 Å². The van der Waals surface area contributed by atoms with Crippen LogP contribution in [-0.4, -0.2) is 27.5 Å². The maximum atomic E-state index is 4.26. The number of nitrogens with zero attached hydrogens (tertiary/aromatic N) is 2. The van der Waals surface area contributed by atoms with E-state index in [1.807, 2.05) is 19.2 Å². The molecule has 98 valence electrons. The Kier molecular flexibility index (Phi) is 6.81. The fraction of sp³-hybridized carbons (Fsp3) is 0.400. The summed E-state index contributed by atoms with van der Waals surface area (Å²) in [6.45, 7) is 11.1. The molecule has 2 rings (SSSR count). The fourth-order valence-electron chi connectivity index (χ4n) is 1.95. The van der Waals surface area contributed by atoms with Crippen LogP contribution >= 0.6 is 0 Å². The number of nitrogens with one attached hydrogen (secondary N) is 1. The highest BCUT2D eigenvalue weighted by atomic mass is 15.2. The van der Waals surface area contributed by atoms with Crippen LogP contribution in [0.25, 0.3) is 0 Å². The molecule has 0 aromatic carbocycles. The molecule has 0 spiro atoms. The Morgan fingerprint density at radius 2 is 2.33 bits per heavy atom. The standard InChI is InChI=1S/C12H17N3.C3H6/c1-2-5-11-6-3-4-9-15(11)10-12-13-7-8-14-12;1-3-2/h2-3,6-8,11H,1,4-5,9-10H2,(H,13,14);3H,1H2,2H3. The van der Waals surface area contributed by atoms with Crippen molar-refractivity contribution in [3.05, 3.63) is 55.7 Å². The van der Waals surface area contributed by atoms with Gasteiger partial charge in [0.2, 0.25) is 0 Å². The minimum absolute atomic E-state index is 0.487. The van der Waals surface area contributed by atoms with Gasteiger partial charge in [-0.05, 0) is 19.8 Å². The summed E-state index contributed by atoms with van der Waals surface area (Å²) in [6, 6.07) is 0.487. The van der Waals surface area contributed by atoms with Gasteiger partial charge in [0, 0.05) is 25.0 Å². The molecule has 1 aromatic rings. The van der Waals surface area contributed by atoms with Crippen molar-refractivity contribution in [3.63, 3.8) is 0 Å². The Morgan fingerprint density at radius 1 is 1.56 bits per heavy atom. The predicted octanol–water partition coefficient (Wildman–Crippen LogP) is 3.31. The van der Waals surface area contributed by atoms with E-state index >= 15 is 0 Å². The molecule has 0 aliphatic carbocycles. The van der Waals surface area contributed by atoms with Gasteiger partial charge in [-0.1, -0.05) is 24.3 Å². The van der Waals surface area contributed by atoms with E-state index in [1.165, 1.54) is 0 Å². The molecule has 1 unspecified atom stereocenters. The Balaban J connectivity index is 0.000000492. The molecule has 0 amide bonds. The maximum absolute atomic E-state index is 4.26. The van der Waals surface area contributed by atoms with E-state index in [9.17, 15) is 0 Å². The van der Waals surface area contributed by atoms with Crippen molar-refractivity contribution < 1.29 is 0 Å². The number of allylic oxidation sites excluding steroid dienone is 1. The molecule has 1 aliphatic rings. The number of aromatic amines is 1. The summed E-state index contributed by atoms with van der Waals surface area (Å²) >= 11 is 0. The van der Waals surface area contributed by atoms with Crippen molar-refractivity contribution in [2.45, 2.75) is 32.4 Å². The van der Waals surface area contributed by atoms with Gasteiger partial charge in [0.05, 0.1) is 6.54 Å². The monoisotopic (exact) mass is 245 g/mol. The first kappa shape index (κ1) is 14.5. The Morgan fingerprint density at radius 3 is 2.94 bits per heavy atom. The number of imidazole rings is 1. The van der Waals surface area contributed by atoms with Gasteiger partial charge in [-0.2, -0.15) is 0 Å². The Bertz CT molecular complexity index is 365. The lowest BCUT2D eigenvalue weighted by Crippen LogP contribution is -2.36. The summed E-state index contributed by atoms with van der Waals surface area (Å²) in [5.74, 6) is 1.04. The van der Waals surface area contributed by atoms with Crippen molar-refractivity contribution in [3.8, 4) is 0 Å². The summed E-state index contributed by atoms with van der Waals surface area (Å²) < 4.78 is 0. The van der Waals surface area contributed by atoms with Crippen LogP contribution in [0.1, 0.15) is 25.6 Å². The first-order valence-corrected chi connectivity index (χ1v) is 6.38. The molecule has 0 bridgehead atoms. The fourth-order valence-corrected chi connectivity index (χ4v) is 1.95. The molecule has 1 aromatic heterocycles. The molecule has 0 fully saturated rings. The second-order valence-corrected chi connectivity index (χ2v) is 4.22. The van der Waals surface area contributed by atoms with Gasteiger partial charge < -0.3 is 4.98 Å². The molecule has 18 heavy (non-hydrogen) atoms. The molecule has 0 saturated carbocycles. The van der Waals surface area contributed by atoms with Crippen molar-refractivity contribution in [1.82, 2.24) is 14.9 Å². The first-order valence-electron chi connectivity index (χ1n) is 6.38. The molecule has 0 radical (unpaired) electrons. The Hall–Kier alpha value is -1.61. The van der Waals surface area contributed by atoms with Gasteiger partial charge in [0.25, 0.3) is 0 Å². The van der Waals surface area contributed by atoms with Crippen LogP contribution in [0.5, 0.6) is 0 Å². The summed E-state index contributed by atoms with van der Waals surface area (Å²) in [6.07, 6.45) is 14.1. The molecule has 1 aliphatic heterocycles. The van der Waals surface area contributed by atoms with Gasteiger partial charge >= 0.3 is 0 Å². The quantitative estimate of drug-likeness (QED) is 0.825. The van der Waals surface area contributed by atoms with Crippen LogP contribution in [0.3, 0.4) is 0 Å². The molecule has 3 heteroatoms. The number of hydrogen-bond donors (Lipinski definition) is 1. The third-order valence-corrected chi connectivity index (χ3v) is 2.73. The zero-order valence-electron chi connectivity index (χ0n) is 11.2. The highest BCUT2D eigenvalue weighted by Crippen LogP contribution is 2.15. The summed E-state index contributed by atoms with van der Waals surface area (Å²) in [5, 5.41) is 0. The SMILES string of the molecule is C=CC.C=CCC1C=CCCN1Cc1ncc[nH]1. The summed E-state index contributed by atoms with van der Waals surface area (Å²) in [4.78, 5) is 9.83. The number of aromatic nitrogens is 2. The zero-order chi connectivity index (χ0) is 13.2. The predicted molar refractivity (Wildman–Crippen MR) is 77.2 cm³/mol. The second kappa shape index (κ2) is 8.48. The number of H-pyrrole nitrogens is 1. The smallest absolute Gasteiger partial charge is 0.120 e. The van der Waals surface area contributed by atoms with Crippen molar-refractivity contribution in [2.24, 2.45) is 0 Å². The highest BCUT2D eigenvalue weighted by molar-refractivity contribution is 5.03. The van der Waals surface area contributed by atoms with E-state index in [0.717, 1.165) is 31.8 Å². The third kappa shape index (κ3) is 4.72. The summed E-state index contributed by atoms with van der Waals surface area (Å²) in [7, 11) is 0. The topological polar surface area (TPSA) is 31.9 Å². The highest BCUT2D eigenvalue weighted by Gasteiger charge is 2.17. The molecular formula is C15H23N3. The normalized spacial score (nSPS) is 18.8. The Labute approximate surface area is 110 Å². The lowest BCUT2D eigenvalue weighted by atomic mass is 10.1. The van der Waals surface area contributed by atoms with Gasteiger partial charge in [-0.15, -0.1) is 13.2 Å². The number of hydrogen-bond acceptors (Lipinski definition) is 2. The van der Waals surface area contributed by atoms with E-state index < -0.39 is 0 Å². The molecule has 1 atom stereocenters. The van der Waals surface area contributed by atoms with Crippen molar-refractivity contribution >= 4 is 0 Å². The van der Waals surface area contributed by atoms with Gasteiger partial charge in [-0.25, -0.2) is 4.98 Å². The van der Waals surface area contributed by atoms with Gasteiger partial charge in [0.1, 0.15) is 5.82 Å². The van der Waals surface area contributed by atoms with E-state index in [4.69, 9.17) is 0 Å². The minimum atomic E-state index is 0.487. The first-order chi connectivity index (χ1) is 8.81. The number of rotatable bonds is 4. The summed E-state index contributed by atoms with van der Waals surface area (Å²) in [5.41, 5.74) is 0. The van der Waals surface area contributed by atoms with E-state index in [0.29, 0.717) is 6.04 Å². The van der Waals surface area contributed by atoms with Crippen LogP contribution in [0, 0.1) is 0 Å². The molecule has 1 N–H and O–H groups in total. The zero-order valence-corrected chi connectivity index (χ0v) is 11.2. The van der Waals surface area contributed by atoms with E-state index in [-0.39, 0.29) is 0 Å². The maximum Gasteiger partial charge on any atom is 0.120 e. The van der Waals surface area contributed by atoms with E-state index in [2.05, 4.69) is 40.2 Å². The average Bonchev–Trinajstić information content (AvgIpc) is 2.86. The van der Waals surface area contributed by atoms with Gasteiger partial charge in [-0.3, -0.25) is 4.90 Å². The van der Waals surface area contributed by atoms with Crippen LogP contribution < -0.4 is 0 Å². The van der Waals surface area contributed by atoms with Crippen molar-refractivity contribution in [1.29, 1.82) is 0 Å². The molecule has 2 heterocycles. The molecular weight excluding hydrogens is 222 g/mol. The third-order valence-electron chi connectivity index (χ3n) is 2.73. The molecule has 0 saturated heterocycles. The second-order valence-electron chi connectivity index (χ2n) is 4.22. The van der Waals surface area contributed by atoms with Crippen molar-refractivity contribution in [2.75, 3.05) is 6.54 Å². The minimum Gasteiger partial charge on any atom is -0.348 e. The average molecular weight is 245 g/mol. The largest absolute Gasteiger partial charge is 0.348 e. The lowest BCUT2D eigenvalue weighted by Gasteiger charge is -2.30. The van der Waals surface area contributed by atoms with Crippen LogP contribution in [0.2, 0.25) is 0 Å². The van der Waals surface area contributed by atoms with Crippen LogP contribution in [0.4, 0.5) is 0 Å².